The molecular formula is C22H33N3O4. The van der Waals surface area contributed by atoms with E-state index in [0.717, 1.165) is 31.2 Å². The normalized spacial score (nSPS) is 21.9. The number of hydrogen-bond acceptors (Lipinski definition) is 5. The molecule has 1 heterocycles. The number of ether oxygens (including phenoxy) is 2. The van der Waals surface area contributed by atoms with E-state index >= 15 is 0 Å². The molecule has 29 heavy (non-hydrogen) atoms. The first-order valence-corrected chi connectivity index (χ1v) is 10.4. The maximum absolute atomic E-state index is 13.0. The summed E-state index contributed by atoms with van der Waals surface area (Å²) in [6, 6.07) is 3.90. The van der Waals surface area contributed by atoms with E-state index in [-0.39, 0.29) is 30.2 Å². The molecule has 1 aliphatic carbocycles. The van der Waals surface area contributed by atoms with Crippen LogP contribution in [0.2, 0.25) is 0 Å². The van der Waals surface area contributed by atoms with Gasteiger partial charge in [-0.1, -0.05) is 0 Å². The number of nitrogens with zero attached hydrogens (tertiary/aromatic N) is 1. The second-order valence-electron chi connectivity index (χ2n) is 9.30. The monoisotopic (exact) mass is 403 g/mol. The molecule has 0 aromatic heterocycles. The van der Waals surface area contributed by atoms with Crippen molar-refractivity contribution < 1.29 is 19.1 Å². The minimum Gasteiger partial charge on any atom is -0.489 e. The van der Waals surface area contributed by atoms with Crippen LogP contribution in [0.25, 0.3) is 0 Å². The fraction of sp³-hybridized carbons (Fsp3) is 0.636. The predicted octanol–water partition coefficient (Wildman–Crippen LogP) is 3.85. The Morgan fingerprint density at radius 3 is 2.45 bits per heavy atom. The zero-order valence-electron chi connectivity index (χ0n) is 18.1. The average Bonchev–Trinajstić information content (AvgIpc) is 2.90. The van der Waals surface area contributed by atoms with Crippen LogP contribution in [0.5, 0.6) is 5.75 Å². The standard InChI is InChI=1S/C22H33N3O4/c1-13(2)28-19-11-17-14(10-18(19)23)12-25(20(17)26)16-8-6-15(7-9-16)24-21(27)29-22(3,4)5/h10-11,13,15-16H,6-9,12,23H2,1-5H3,(H,24,27). The van der Waals surface area contributed by atoms with Crippen molar-refractivity contribution in [1.29, 1.82) is 0 Å². The van der Waals surface area contributed by atoms with Crippen molar-refractivity contribution in [1.82, 2.24) is 10.2 Å². The van der Waals surface area contributed by atoms with E-state index in [9.17, 15) is 9.59 Å². The summed E-state index contributed by atoms with van der Waals surface area (Å²) in [4.78, 5) is 26.9. The van der Waals surface area contributed by atoms with E-state index < -0.39 is 5.60 Å². The summed E-state index contributed by atoms with van der Waals surface area (Å²) in [6.07, 6.45) is 2.98. The van der Waals surface area contributed by atoms with E-state index in [1.54, 1.807) is 6.07 Å². The maximum Gasteiger partial charge on any atom is 0.407 e. The molecule has 0 bridgehead atoms. The van der Waals surface area contributed by atoms with Crippen molar-refractivity contribution in [2.45, 2.75) is 90.6 Å². The average molecular weight is 404 g/mol. The summed E-state index contributed by atoms with van der Waals surface area (Å²) in [5.74, 6) is 0.608. The summed E-state index contributed by atoms with van der Waals surface area (Å²) in [5, 5.41) is 2.95. The lowest BCUT2D eigenvalue weighted by Crippen LogP contribution is -2.45. The highest BCUT2D eigenvalue weighted by molar-refractivity contribution is 5.99. The van der Waals surface area contributed by atoms with Gasteiger partial charge in [-0.3, -0.25) is 4.79 Å². The molecule has 7 nitrogen and oxygen atoms in total. The van der Waals surface area contributed by atoms with Gasteiger partial charge in [0.15, 0.2) is 0 Å². The number of carbonyl (C=O) groups excluding carboxylic acids is 2. The molecule has 0 unspecified atom stereocenters. The number of carbonyl (C=O) groups is 2. The number of alkyl carbamates (subject to hydrolysis) is 1. The third kappa shape index (κ3) is 5.14. The highest BCUT2D eigenvalue weighted by Gasteiger charge is 2.36. The van der Waals surface area contributed by atoms with E-state index in [1.807, 2.05) is 45.6 Å². The Hall–Kier alpha value is -2.44. The Kier molecular flexibility index (Phi) is 5.96. The van der Waals surface area contributed by atoms with Crippen LogP contribution in [-0.4, -0.2) is 40.7 Å². The number of fused-ring (bicyclic) bond motifs is 1. The van der Waals surface area contributed by atoms with E-state index in [1.165, 1.54) is 0 Å². The van der Waals surface area contributed by atoms with E-state index in [0.29, 0.717) is 23.5 Å². The number of amides is 2. The van der Waals surface area contributed by atoms with Gasteiger partial charge in [-0.15, -0.1) is 0 Å². The molecule has 3 rings (SSSR count). The third-order valence-electron chi connectivity index (χ3n) is 5.29. The molecule has 0 atom stereocenters. The van der Waals surface area contributed by atoms with E-state index in [2.05, 4.69) is 5.32 Å². The van der Waals surface area contributed by atoms with Crippen LogP contribution in [0.1, 0.15) is 76.2 Å². The first-order chi connectivity index (χ1) is 13.5. The predicted molar refractivity (Wildman–Crippen MR) is 112 cm³/mol. The van der Waals surface area contributed by atoms with Crippen LogP contribution in [0.15, 0.2) is 12.1 Å². The molecule has 0 spiro atoms. The zero-order chi connectivity index (χ0) is 21.3. The molecule has 1 aliphatic heterocycles. The summed E-state index contributed by atoms with van der Waals surface area (Å²) in [6.45, 7) is 10.0. The molecule has 160 valence electrons. The SMILES string of the molecule is CC(C)Oc1cc2c(cc1N)CN(C1CCC(NC(=O)OC(C)(C)C)CC1)C2=O. The van der Waals surface area contributed by atoms with Crippen LogP contribution in [0.4, 0.5) is 10.5 Å². The second kappa shape index (κ2) is 8.13. The fourth-order valence-electron chi connectivity index (χ4n) is 4.04. The Bertz CT molecular complexity index is 777. The number of nitrogens with two attached hydrogens (primary N) is 1. The topological polar surface area (TPSA) is 93.9 Å². The maximum atomic E-state index is 13.0. The number of rotatable bonds is 4. The Morgan fingerprint density at radius 1 is 1.21 bits per heavy atom. The Balaban J connectivity index is 1.59. The zero-order valence-corrected chi connectivity index (χ0v) is 18.1. The molecule has 2 aliphatic rings. The second-order valence-corrected chi connectivity index (χ2v) is 9.30. The first-order valence-electron chi connectivity index (χ1n) is 10.4. The third-order valence-corrected chi connectivity index (χ3v) is 5.29. The molecule has 0 saturated heterocycles. The van der Waals surface area contributed by atoms with Crippen molar-refractivity contribution in [3.05, 3.63) is 23.3 Å². The molecule has 1 saturated carbocycles. The molecule has 7 heteroatoms. The highest BCUT2D eigenvalue weighted by Crippen LogP contribution is 2.36. The summed E-state index contributed by atoms with van der Waals surface area (Å²) >= 11 is 0. The Morgan fingerprint density at radius 2 is 1.86 bits per heavy atom. The van der Waals surface area contributed by atoms with Crippen molar-refractivity contribution in [2.24, 2.45) is 0 Å². The van der Waals surface area contributed by atoms with Crippen LogP contribution in [0, 0.1) is 0 Å². The molecule has 3 N–H and O–H groups in total. The number of nitrogen functional groups attached to an aromatic ring is 1. The van der Waals surface area contributed by atoms with Gasteiger partial charge in [-0.05, 0) is 78.0 Å². The molecule has 2 amide bonds. The largest absolute Gasteiger partial charge is 0.489 e. The minimum absolute atomic E-state index is 0.00397. The number of nitrogens with one attached hydrogen (secondary N) is 1. The van der Waals surface area contributed by atoms with Crippen molar-refractivity contribution in [3.63, 3.8) is 0 Å². The minimum atomic E-state index is -0.505. The van der Waals surface area contributed by atoms with Crippen LogP contribution >= 0.6 is 0 Å². The smallest absolute Gasteiger partial charge is 0.407 e. The lowest BCUT2D eigenvalue weighted by Gasteiger charge is -2.35. The molecule has 1 fully saturated rings. The van der Waals surface area contributed by atoms with Crippen LogP contribution in [0.3, 0.4) is 0 Å². The van der Waals surface area contributed by atoms with Gasteiger partial charge in [0.1, 0.15) is 11.4 Å². The van der Waals surface area contributed by atoms with E-state index in [4.69, 9.17) is 15.2 Å². The molecule has 0 radical (unpaired) electrons. The lowest BCUT2D eigenvalue weighted by atomic mass is 9.90. The number of hydrogen-bond donors (Lipinski definition) is 2. The highest BCUT2D eigenvalue weighted by atomic mass is 16.6. The number of anilines is 1. The van der Waals surface area contributed by atoms with Gasteiger partial charge in [0.2, 0.25) is 0 Å². The molecular weight excluding hydrogens is 370 g/mol. The Labute approximate surface area is 172 Å². The lowest BCUT2D eigenvalue weighted by molar-refractivity contribution is 0.0461. The molecule has 1 aromatic rings. The quantitative estimate of drug-likeness (QED) is 0.745. The van der Waals surface area contributed by atoms with Gasteiger partial charge < -0.3 is 25.4 Å². The van der Waals surface area contributed by atoms with Gasteiger partial charge in [0.25, 0.3) is 5.91 Å². The van der Waals surface area contributed by atoms with Crippen molar-refractivity contribution in [2.75, 3.05) is 5.73 Å². The summed E-state index contributed by atoms with van der Waals surface area (Å²) < 4.78 is 11.1. The van der Waals surface area contributed by atoms with Gasteiger partial charge in [-0.2, -0.15) is 0 Å². The van der Waals surface area contributed by atoms with Crippen molar-refractivity contribution >= 4 is 17.7 Å². The van der Waals surface area contributed by atoms with Crippen molar-refractivity contribution in [3.8, 4) is 5.75 Å². The first kappa shape index (κ1) is 21.3. The van der Waals surface area contributed by atoms with Crippen LogP contribution < -0.4 is 15.8 Å². The fourth-order valence-corrected chi connectivity index (χ4v) is 4.04. The summed E-state index contributed by atoms with van der Waals surface area (Å²) in [5.41, 5.74) is 7.81. The van der Waals surface area contributed by atoms with Gasteiger partial charge in [-0.25, -0.2) is 4.79 Å². The van der Waals surface area contributed by atoms with Gasteiger partial charge in [0, 0.05) is 24.2 Å². The van der Waals surface area contributed by atoms with Gasteiger partial charge >= 0.3 is 6.09 Å². The van der Waals surface area contributed by atoms with Crippen LogP contribution in [-0.2, 0) is 11.3 Å². The molecule has 1 aromatic carbocycles. The summed E-state index contributed by atoms with van der Waals surface area (Å²) in [7, 11) is 0. The number of benzene rings is 1. The van der Waals surface area contributed by atoms with Gasteiger partial charge in [0.05, 0.1) is 11.8 Å².